The summed E-state index contributed by atoms with van der Waals surface area (Å²) in [7, 11) is 2.19. The number of anilines is 2. The van der Waals surface area contributed by atoms with Crippen molar-refractivity contribution in [2.75, 3.05) is 23.8 Å². The molecule has 0 aliphatic carbocycles. The summed E-state index contributed by atoms with van der Waals surface area (Å²) in [6.07, 6.45) is 5.77. The van der Waals surface area contributed by atoms with Crippen LogP contribution in [0, 0.1) is 0 Å². The molecule has 1 aliphatic rings. The van der Waals surface area contributed by atoms with E-state index >= 15 is 0 Å². The quantitative estimate of drug-likeness (QED) is 0.556. The number of carbonyl (C=O) groups excluding carboxylic acids is 1. The highest BCUT2D eigenvalue weighted by molar-refractivity contribution is 5.91. The van der Waals surface area contributed by atoms with Gasteiger partial charge in [-0.3, -0.25) is 0 Å². The summed E-state index contributed by atoms with van der Waals surface area (Å²) in [6.45, 7) is 14.2. The lowest BCUT2D eigenvalue weighted by Gasteiger charge is -2.46. The molecule has 152 valence electrons. The Morgan fingerprint density at radius 1 is 1.26 bits per heavy atom. The van der Waals surface area contributed by atoms with Gasteiger partial charge in [0.05, 0.1) is 0 Å². The van der Waals surface area contributed by atoms with Crippen molar-refractivity contribution >= 4 is 17.4 Å². The predicted molar refractivity (Wildman–Crippen MR) is 117 cm³/mol. The highest BCUT2D eigenvalue weighted by Crippen LogP contribution is 2.45. The average molecular weight is 374 g/mol. The van der Waals surface area contributed by atoms with Gasteiger partial charge in [-0.2, -0.15) is 0 Å². The van der Waals surface area contributed by atoms with Crippen LogP contribution in [0.1, 0.15) is 96.6 Å². The number of hydrogen-bond donors (Lipinski definition) is 2. The van der Waals surface area contributed by atoms with Gasteiger partial charge in [0.25, 0.3) is 0 Å². The number of nitrogens with one attached hydrogen (secondary N) is 2. The molecule has 2 rings (SSSR count). The number of hydrogen-bond acceptors (Lipinski definition) is 2. The number of unbranched alkanes of at least 4 members (excludes halogenated alkanes) is 3. The highest BCUT2D eigenvalue weighted by atomic mass is 16.2. The van der Waals surface area contributed by atoms with Crippen molar-refractivity contribution in [2.24, 2.45) is 0 Å². The molecule has 0 saturated heterocycles. The van der Waals surface area contributed by atoms with E-state index in [1.165, 1.54) is 36.1 Å². The summed E-state index contributed by atoms with van der Waals surface area (Å²) in [5, 5.41) is 6.13. The maximum Gasteiger partial charge on any atom is 0.319 e. The lowest BCUT2D eigenvalue weighted by Crippen LogP contribution is -2.45. The van der Waals surface area contributed by atoms with Gasteiger partial charge in [0.15, 0.2) is 0 Å². The standard InChI is InChI=1S/C23H39N3O/c1-8-9-10-11-12-24-22(27)25-20-13-19-17(4)15-23(5,6)26(7)21(19)14-18(20)16(2)3/h13-14,16-17H,8-12,15H2,1-7H3,(H2,24,25,27). The molecular formula is C23H39N3O. The van der Waals surface area contributed by atoms with Crippen LogP contribution in [0.3, 0.4) is 0 Å². The van der Waals surface area contributed by atoms with E-state index in [2.05, 4.69) is 76.3 Å². The summed E-state index contributed by atoms with van der Waals surface area (Å²) >= 11 is 0. The van der Waals surface area contributed by atoms with Crippen molar-refractivity contribution in [2.45, 2.75) is 91.0 Å². The molecule has 1 aliphatic heterocycles. The highest BCUT2D eigenvalue weighted by Gasteiger charge is 2.35. The molecule has 1 atom stereocenters. The zero-order valence-corrected chi connectivity index (χ0v) is 18.4. The van der Waals surface area contributed by atoms with E-state index in [-0.39, 0.29) is 11.6 Å². The molecule has 0 bridgehead atoms. The van der Waals surface area contributed by atoms with Crippen LogP contribution in [-0.2, 0) is 0 Å². The van der Waals surface area contributed by atoms with Crippen molar-refractivity contribution in [3.8, 4) is 0 Å². The molecule has 0 fully saturated rings. The first kappa shape index (κ1) is 21.6. The lowest BCUT2D eigenvalue weighted by molar-refractivity contribution is 0.252. The van der Waals surface area contributed by atoms with E-state index in [1.807, 2.05) is 0 Å². The molecule has 2 N–H and O–H groups in total. The average Bonchev–Trinajstić information content (AvgIpc) is 2.59. The summed E-state index contributed by atoms with van der Waals surface area (Å²) in [5.41, 5.74) is 4.93. The summed E-state index contributed by atoms with van der Waals surface area (Å²) in [5.74, 6) is 0.828. The Morgan fingerprint density at radius 2 is 1.96 bits per heavy atom. The predicted octanol–water partition coefficient (Wildman–Crippen LogP) is 6.23. The monoisotopic (exact) mass is 373 g/mol. The number of carbonyl (C=O) groups is 1. The van der Waals surface area contributed by atoms with Crippen LogP contribution in [0.4, 0.5) is 16.2 Å². The normalized spacial score (nSPS) is 18.4. The molecule has 1 unspecified atom stereocenters. The smallest absolute Gasteiger partial charge is 0.319 e. The number of amides is 2. The summed E-state index contributed by atoms with van der Waals surface area (Å²) < 4.78 is 0. The maximum absolute atomic E-state index is 12.4. The van der Waals surface area contributed by atoms with Crippen molar-refractivity contribution < 1.29 is 4.79 Å². The molecule has 4 heteroatoms. The molecule has 1 aromatic carbocycles. The first-order valence-corrected chi connectivity index (χ1v) is 10.6. The molecule has 0 spiro atoms. The lowest BCUT2D eigenvalue weighted by atomic mass is 9.79. The number of rotatable bonds is 7. The fourth-order valence-electron chi connectivity index (χ4n) is 4.13. The fourth-order valence-corrected chi connectivity index (χ4v) is 4.13. The second-order valence-corrected chi connectivity index (χ2v) is 9.07. The molecule has 1 aromatic rings. The topological polar surface area (TPSA) is 44.4 Å². The third-order valence-corrected chi connectivity index (χ3v) is 5.99. The van der Waals surface area contributed by atoms with Gasteiger partial charge in [-0.25, -0.2) is 4.79 Å². The second kappa shape index (κ2) is 8.99. The number of fused-ring (bicyclic) bond motifs is 1. The Balaban J connectivity index is 2.19. The molecule has 2 amide bonds. The minimum Gasteiger partial charge on any atom is -0.369 e. The zero-order chi connectivity index (χ0) is 20.2. The Labute approximate surface area is 166 Å². The van der Waals surface area contributed by atoms with Gasteiger partial charge >= 0.3 is 6.03 Å². The zero-order valence-electron chi connectivity index (χ0n) is 18.4. The van der Waals surface area contributed by atoms with E-state index in [0.717, 1.165) is 25.1 Å². The second-order valence-electron chi connectivity index (χ2n) is 9.07. The Kier molecular flexibility index (Phi) is 7.19. The van der Waals surface area contributed by atoms with Gasteiger partial charge in [-0.05, 0) is 61.8 Å². The fraction of sp³-hybridized carbons (Fsp3) is 0.696. The Morgan fingerprint density at radius 3 is 2.59 bits per heavy atom. The molecule has 27 heavy (non-hydrogen) atoms. The van der Waals surface area contributed by atoms with E-state index in [0.29, 0.717) is 11.8 Å². The van der Waals surface area contributed by atoms with Gasteiger partial charge < -0.3 is 15.5 Å². The first-order valence-electron chi connectivity index (χ1n) is 10.6. The van der Waals surface area contributed by atoms with Crippen LogP contribution in [0.5, 0.6) is 0 Å². The third-order valence-electron chi connectivity index (χ3n) is 5.99. The maximum atomic E-state index is 12.4. The van der Waals surface area contributed by atoms with Crippen LogP contribution < -0.4 is 15.5 Å². The van der Waals surface area contributed by atoms with Crippen LogP contribution in [0.15, 0.2) is 12.1 Å². The van der Waals surface area contributed by atoms with Gasteiger partial charge in [0.2, 0.25) is 0 Å². The van der Waals surface area contributed by atoms with Crippen molar-refractivity contribution in [1.82, 2.24) is 5.32 Å². The molecule has 0 radical (unpaired) electrons. The van der Waals surface area contributed by atoms with E-state index in [4.69, 9.17) is 0 Å². The largest absolute Gasteiger partial charge is 0.369 e. The minimum atomic E-state index is -0.0921. The SMILES string of the molecule is CCCCCCNC(=O)Nc1cc2c(cc1C(C)C)N(C)C(C)(C)CC2C. The minimum absolute atomic E-state index is 0.0921. The summed E-state index contributed by atoms with van der Waals surface area (Å²) in [6, 6.07) is 4.40. The van der Waals surface area contributed by atoms with Gasteiger partial charge in [0, 0.05) is 30.5 Å². The van der Waals surface area contributed by atoms with Gasteiger partial charge in [-0.15, -0.1) is 0 Å². The van der Waals surface area contributed by atoms with Crippen LogP contribution in [-0.4, -0.2) is 25.2 Å². The summed E-state index contributed by atoms with van der Waals surface area (Å²) in [4.78, 5) is 14.8. The van der Waals surface area contributed by atoms with E-state index < -0.39 is 0 Å². The Bertz CT molecular complexity index is 651. The molecule has 4 nitrogen and oxygen atoms in total. The van der Waals surface area contributed by atoms with Gasteiger partial charge in [-0.1, -0.05) is 47.0 Å². The van der Waals surface area contributed by atoms with Crippen LogP contribution >= 0.6 is 0 Å². The molecular weight excluding hydrogens is 334 g/mol. The molecule has 0 saturated carbocycles. The van der Waals surface area contributed by atoms with Crippen LogP contribution in [0.25, 0.3) is 0 Å². The third kappa shape index (κ3) is 5.18. The van der Waals surface area contributed by atoms with Crippen molar-refractivity contribution in [3.05, 3.63) is 23.3 Å². The number of benzene rings is 1. The van der Waals surface area contributed by atoms with Crippen LogP contribution in [0.2, 0.25) is 0 Å². The van der Waals surface area contributed by atoms with Crippen molar-refractivity contribution in [1.29, 1.82) is 0 Å². The van der Waals surface area contributed by atoms with E-state index in [1.54, 1.807) is 0 Å². The van der Waals surface area contributed by atoms with E-state index in [9.17, 15) is 4.79 Å². The van der Waals surface area contributed by atoms with Gasteiger partial charge in [0.1, 0.15) is 0 Å². The Hall–Kier alpha value is -1.71. The number of nitrogens with zero attached hydrogens (tertiary/aromatic N) is 1. The molecule has 1 heterocycles. The molecule has 0 aromatic heterocycles. The van der Waals surface area contributed by atoms with Crippen molar-refractivity contribution in [3.63, 3.8) is 0 Å². The number of urea groups is 1. The first-order chi connectivity index (χ1) is 12.7.